The summed E-state index contributed by atoms with van der Waals surface area (Å²) in [6.07, 6.45) is 1.70. The Labute approximate surface area is 48.4 Å². The van der Waals surface area contributed by atoms with Gasteiger partial charge in [-0.2, -0.15) is 0 Å². The van der Waals surface area contributed by atoms with Crippen LogP contribution in [0.25, 0.3) is 5.43 Å². The average molecular weight is 110 g/mol. The van der Waals surface area contributed by atoms with Crippen molar-refractivity contribution in [2.45, 2.75) is 13.8 Å². The Morgan fingerprint density at radius 1 is 1.75 bits per heavy atom. The van der Waals surface area contributed by atoms with E-state index in [0.29, 0.717) is 0 Å². The van der Waals surface area contributed by atoms with Gasteiger partial charge in [0, 0.05) is 6.21 Å². The van der Waals surface area contributed by atoms with E-state index >= 15 is 0 Å². The zero-order chi connectivity index (χ0) is 5.98. The summed E-state index contributed by atoms with van der Waals surface area (Å²) in [5.41, 5.74) is 8.45. The fourth-order valence-electron chi connectivity index (χ4n) is 0.443. The number of hydrogen-bond acceptors (Lipinski definition) is 2. The summed E-state index contributed by atoms with van der Waals surface area (Å²) >= 11 is 0. The summed E-state index contributed by atoms with van der Waals surface area (Å²) in [6.45, 7) is 4.00. The van der Waals surface area contributed by atoms with Crippen LogP contribution >= 0.6 is 0 Å². The van der Waals surface area contributed by atoms with Crippen LogP contribution in [-0.2, 0) is 0 Å². The van der Waals surface area contributed by atoms with Crippen LogP contribution in [0, 0.1) is 0 Å². The Morgan fingerprint density at radius 2 is 2.50 bits per heavy atom. The molecular formula is C5H8N3-. The topological polar surface area (TPSA) is 38.5 Å². The lowest BCUT2D eigenvalue weighted by atomic mass is 10.3. The van der Waals surface area contributed by atoms with E-state index in [1.807, 2.05) is 13.8 Å². The van der Waals surface area contributed by atoms with Crippen LogP contribution in [-0.4, -0.2) is 6.21 Å². The lowest BCUT2D eigenvalue weighted by Gasteiger charge is -2.13. The fourth-order valence-corrected chi connectivity index (χ4v) is 0.443. The highest BCUT2D eigenvalue weighted by atomic mass is 15.6. The smallest absolute Gasteiger partial charge is 0.0317 e. The molecule has 1 aliphatic rings. The molecule has 1 rings (SSSR count). The highest BCUT2D eigenvalue weighted by molar-refractivity contribution is 5.84. The summed E-state index contributed by atoms with van der Waals surface area (Å²) in [5.74, 6) is 0. The van der Waals surface area contributed by atoms with Crippen molar-refractivity contribution in [1.29, 1.82) is 0 Å². The van der Waals surface area contributed by atoms with Gasteiger partial charge in [-0.15, -0.1) is 5.70 Å². The molecule has 0 saturated carbocycles. The molecule has 3 heteroatoms. The molecule has 0 fully saturated rings. The number of hydrazone groups is 1. The summed E-state index contributed by atoms with van der Waals surface area (Å²) in [5, 5.41) is 3.69. The molecular weight excluding hydrogens is 102 g/mol. The molecule has 0 radical (unpaired) electrons. The van der Waals surface area contributed by atoms with Gasteiger partial charge in [-0.25, -0.2) is 5.10 Å². The number of nitrogens with zero attached hydrogens (tertiary/aromatic N) is 2. The van der Waals surface area contributed by atoms with Crippen molar-refractivity contribution in [2.75, 3.05) is 0 Å². The van der Waals surface area contributed by atoms with E-state index in [-0.39, 0.29) is 0 Å². The van der Waals surface area contributed by atoms with Crippen LogP contribution in [0.5, 0.6) is 0 Å². The van der Waals surface area contributed by atoms with Gasteiger partial charge in [0.1, 0.15) is 0 Å². The molecule has 0 aromatic rings. The van der Waals surface area contributed by atoms with Gasteiger partial charge < -0.3 is 11.0 Å². The molecule has 0 bridgehead atoms. The SMILES string of the molecule is CC(C)=C1C=NN[N-]1. The van der Waals surface area contributed by atoms with E-state index in [1.54, 1.807) is 6.21 Å². The second-order valence-electron chi connectivity index (χ2n) is 1.86. The molecule has 0 aromatic carbocycles. The molecule has 0 saturated heterocycles. The first-order valence-electron chi connectivity index (χ1n) is 2.47. The van der Waals surface area contributed by atoms with Crippen molar-refractivity contribution in [3.63, 3.8) is 0 Å². The van der Waals surface area contributed by atoms with Crippen molar-refractivity contribution >= 4 is 6.21 Å². The van der Waals surface area contributed by atoms with Crippen molar-refractivity contribution < 1.29 is 0 Å². The maximum absolute atomic E-state index is 3.84. The quantitative estimate of drug-likeness (QED) is 0.499. The average Bonchev–Trinajstić information content (AvgIpc) is 2.12. The van der Waals surface area contributed by atoms with Gasteiger partial charge in [-0.3, -0.25) is 0 Å². The molecule has 0 aliphatic carbocycles. The zero-order valence-corrected chi connectivity index (χ0v) is 4.97. The van der Waals surface area contributed by atoms with Crippen LogP contribution in [0.4, 0.5) is 0 Å². The first-order chi connectivity index (χ1) is 3.80. The van der Waals surface area contributed by atoms with E-state index in [0.717, 1.165) is 5.70 Å². The Hall–Kier alpha value is -0.990. The number of rotatable bonds is 0. The van der Waals surface area contributed by atoms with Crippen LogP contribution in [0.2, 0.25) is 0 Å². The minimum Gasteiger partial charge on any atom is -0.579 e. The van der Waals surface area contributed by atoms with Gasteiger partial charge in [-0.1, -0.05) is 5.57 Å². The Balaban J connectivity index is 2.73. The second-order valence-corrected chi connectivity index (χ2v) is 1.86. The number of nitrogens with one attached hydrogen (secondary N) is 1. The summed E-state index contributed by atoms with van der Waals surface area (Å²) in [4.78, 5) is 0. The standard InChI is InChI=1S/C5H8N3/c1-4(2)5-3-6-8-7-5/h3,8H,1-2H3/q-1. The summed E-state index contributed by atoms with van der Waals surface area (Å²) < 4.78 is 0. The third-order valence-corrected chi connectivity index (χ3v) is 0.927. The van der Waals surface area contributed by atoms with E-state index in [9.17, 15) is 0 Å². The van der Waals surface area contributed by atoms with Crippen LogP contribution in [0.15, 0.2) is 16.4 Å². The molecule has 0 unspecified atom stereocenters. The van der Waals surface area contributed by atoms with Crippen molar-refractivity contribution in [3.8, 4) is 0 Å². The molecule has 0 aromatic heterocycles. The van der Waals surface area contributed by atoms with E-state index < -0.39 is 0 Å². The Kier molecular flexibility index (Phi) is 1.20. The molecule has 1 heterocycles. The van der Waals surface area contributed by atoms with Crippen LogP contribution in [0.1, 0.15) is 13.8 Å². The molecule has 44 valence electrons. The largest absolute Gasteiger partial charge is 0.579 e. The van der Waals surface area contributed by atoms with Crippen molar-refractivity contribution in [2.24, 2.45) is 5.10 Å². The first-order valence-corrected chi connectivity index (χ1v) is 2.47. The molecule has 3 nitrogen and oxygen atoms in total. The molecule has 0 spiro atoms. The minimum atomic E-state index is 0.935. The fraction of sp³-hybridized carbons (Fsp3) is 0.400. The molecule has 0 amide bonds. The minimum absolute atomic E-state index is 0.935. The monoisotopic (exact) mass is 110 g/mol. The highest BCUT2D eigenvalue weighted by Gasteiger charge is 1.85. The van der Waals surface area contributed by atoms with Gasteiger partial charge in [0.2, 0.25) is 0 Å². The maximum Gasteiger partial charge on any atom is 0.0317 e. The van der Waals surface area contributed by atoms with Gasteiger partial charge in [-0.05, 0) is 13.8 Å². The lowest BCUT2D eigenvalue weighted by Crippen LogP contribution is -1.87. The molecule has 1 aliphatic heterocycles. The van der Waals surface area contributed by atoms with Crippen LogP contribution < -0.4 is 5.53 Å². The zero-order valence-electron chi connectivity index (χ0n) is 4.97. The summed E-state index contributed by atoms with van der Waals surface area (Å²) in [6, 6.07) is 0. The van der Waals surface area contributed by atoms with Crippen molar-refractivity contribution in [3.05, 3.63) is 16.7 Å². The first kappa shape index (κ1) is 5.15. The van der Waals surface area contributed by atoms with Crippen molar-refractivity contribution in [1.82, 2.24) is 5.53 Å². The van der Waals surface area contributed by atoms with Crippen LogP contribution in [0.3, 0.4) is 0 Å². The van der Waals surface area contributed by atoms with E-state index in [4.69, 9.17) is 0 Å². The Morgan fingerprint density at radius 3 is 2.75 bits per heavy atom. The third kappa shape index (κ3) is 0.804. The van der Waals surface area contributed by atoms with Gasteiger partial charge in [0.15, 0.2) is 0 Å². The third-order valence-electron chi connectivity index (χ3n) is 0.927. The predicted octanol–water partition coefficient (Wildman–Crippen LogP) is 1.16. The van der Waals surface area contributed by atoms with E-state index in [1.165, 1.54) is 5.57 Å². The maximum atomic E-state index is 3.84. The second kappa shape index (κ2) is 1.86. The molecule has 0 atom stereocenters. The highest BCUT2D eigenvalue weighted by Crippen LogP contribution is 2.08. The summed E-state index contributed by atoms with van der Waals surface area (Å²) in [7, 11) is 0. The predicted molar refractivity (Wildman–Crippen MR) is 33.4 cm³/mol. The Bertz CT molecular complexity index is 142. The lowest BCUT2D eigenvalue weighted by molar-refractivity contribution is 0.959. The molecule has 8 heavy (non-hydrogen) atoms. The van der Waals surface area contributed by atoms with Gasteiger partial charge in [0.05, 0.1) is 0 Å². The molecule has 1 N–H and O–H groups in total. The van der Waals surface area contributed by atoms with Gasteiger partial charge in [0.25, 0.3) is 0 Å². The number of allylic oxidation sites excluding steroid dienone is 2. The number of hydrogen-bond donors (Lipinski definition) is 1. The van der Waals surface area contributed by atoms with E-state index in [2.05, 4.69) is 16.1 Å². The normalized spacial score (nSPS) is 15.5. The van der Waals surface area contributed by atoms with Gasteiger partial charge >= 0.3 is 0 Å².